The van der Waals surface area contributed by atoms with Crippen LogP contribution in [0.2, 0.25) is 25.7 Å². The van der Waals surface area contributed by atoms with E-state index in [4.69, 9.17) is 20.9 Å². The fourth-order valence-corrected chi connectivity index (χ4v) is 1.88. The van der Waals surface area contributed by atoms with Crippen molar-refractivity contribution in [2.24, 2.45) is 11.5 Å². The van der Waals surface area contributed by atoms with Gasteiger partial charge in [-0.05, 0) is 26.8 Å². The Morgan fingerprint density at radius 1 is 0.960 bits per heavy atom. The van der Waals surface area contributed by atoms with Crippen LogP contribution in [-0.2, 0) is 9.47 Å². The van der Waals surface area contributed by atoms with Crippen molar-refractivity contribution in [3.8, 4) is 0 Å². The van der Waals surface area contributed by atoms with E-state index in [2.05, 4.69) is 30.3 Å². The molecule has 0 atom stereocenters. The van der Waals surface area contributed by atoms with Crippen LogP contribution >= 0.6 is 12.4 Å². The zero-order chi connectivity index (χ0) is 19.2. The zero-order valence-corrected chi connectivity index (χ0v) is 18.3. The number of hydrogen-bond donors (Lipinski definition) is 4. The van der Waals surface area contributed by atoms with Crippen LogP contribution in [0.15, 0.2) is 0 Å². The second-order valence-corrected chi connectivity index (χ2v) is 13.0. The summed E-state index contributed by atoms with van der Waals surface area (Å²) < 4.78 is 9.88. The number of carbonyl (C=O) groups excluding carboxylic acids is 2. The minimum absolute atomic E-state index is 0. The number of nitrogens with one attached hydrogen (secondary N) is 2. The smallest absolute Gasteiger partial charge is 0.407 e. The van der Waals surface area contributed by atoms with Gasteiger partial charge in [-0.1, -0.05) is 19.6 Å². The zero-order valence-electron chi connectivity index (χ0n) is 16.4. The summed E-state index contributed by atoms with van der Waals surface area (Å²) in [5.41, 5.74) is 9.95. The highest BCUT2D eigenvalue weighted by Crippen LogP contribution is 2.07. The molecule has 0 aromatic carbocycles. The Bertz CT molecular complexity index is 360. The Kier molecular flexibility index (Phi) is 17.5. The lowest BCUT2D eigenvalue weighted by atomic mass is 10.2. The summed E-state index contributed by atoms with van der Waals surface area (Å²) in [6.45, 7) is 14.5. The maximum absolute atomic E-state index is 10.9. The predicted octanol–water partition coefficient (Wildman–Crippen LogP) is 1.90. The van der Waals surface area contributed by atoms with Crippen LogP contribution in [0.3, 0.4) is 0 Å². The number of amides is 2. The molecule has 0 aromatic heterocycles. The molecule has 0 fully saturated rings. The number of rotatable bonds is 7. The summed E-state index contributed by atoms with van der Waals surface area (Å²) in [5.74, 6) is 0. The first-order valence-electron chi connectivity index (χ1n) is 8.19. The third-order valence-electron chi connectivity index (χ3n) is 2.31. The van der Waals surface area contributed by atoms with Gasteiger partial charge in [-0.15, -0.1) is 12.4 Å². The molecule has 10 heteroatoms. The van der Waals surface area contributed by atoms with Gasteiger partial charge < -0.3 is 31.6 Å². The molecule has 0 aliphatic heterocycles. The summed E-state index contributed by atoms with van der Waals surface area (Å²) in [6, 6.07) is 1.00. The molecule has 0 saturated heterocycles. The van der Waals surface area contributed by atoms with Crippen LogP contribution < -0.4 is 22.1 Å². The molecule has 0 aliphatic rings. The molecule has 8 nitrogen and oxygen atoms in total. The highest BCUT2D eigenvalue weighted by Gasteiger charge is 2.15. The molecule has 0 aromatic rings. The molecule has 0 heterocycles. The van der Waals surface area contributed by atoms with Crippen molar-refractivity contribution in [3.63, 3.8) is 0 Å². The monoisotopic (exact) mass is 400 g/mol. The summed E-state index contributed by atoms with van der Waals surface area (Å²) in [4.78, 5) is 21.7. The molecule has 2 amide bonds. The van der Waals surface area contributed by atoms with E-state index in [1.807, 2.05) is 20.8 Å². The van der Waals surface area contributed by atoms with Gasteiger partial charge in [0.25, 0.3) is 0 Å². The number of hydrogen-bond acceptors (Lipinski definition) is 6. The molecule has 0 unspecified atom stereocenters. The van der Waals surface area contributed by atoms with Crippen LogP contribution in [0.4, 0.5) is 9.59 Å². The van der Waals surface area contributed by atoms with E-state index in [9.17, 15) is 9.59 Å². The molecule has 6 N–H and O–H groups in total. The van der Waals surface area contributed by atoms with Crippen molar-refractivity contribution in [3.05, 3.63) is 0 Å². The number of alkyl carbamates (subject to hydrolysis) is 2. The average Bonchev–Trinajstić information content (AvgIpc) is 2.40. The second-order valence-electron chi connectivity index (χ2n) is 7.38. The SMILES string of the molecule is CC(C)(C)OC(=O)NCCN.C[Si](C)(C)CCOC(=O)NCCN.Cl. The van der Waals surface area contributed by atoms with Crippen LogP contribution in [0.5, 0.6) is 0 Å². The van der Waals surface area contributed by atoms with Gasteiger partial charge in [-0.3, -0.25) is 0 Å². The fraction of sp³-hybridized carbons (Fsp3) is 0.867. The van der Waals surface area contributed by atoms with E-state index in [1.54, 1.807) is 0 Å². The van der Waals surface area contributed by atoms with Crippen molar-refractivity contribution in [1.29, 1.82) is 0 Å². The molecule has 0 aliphatic carbocycles. The highest BCUT2D eigenvalue weighted by atomic mass is 35.5. The number of carbonyl (C=O) groups is 2. The molecular weight excluding hydrogens is 364 g/mol. The lowest BCUT2D eigenvalue weighted by Crippen LogP contribution is -2.35. The summed E-state index contributed by atoms with van der Waals surface area (Å²) in [7, 11) is -1.08. The van der Waals surface area contributed by atoms with E-state index >= 15 is 0 Å². The molecule has 0 spiro atoms. The minimum Gasteiger partial charge on any atom is -0.450 e. The Labute approximate surface area is 159 Å². The lowest BCUT2D eigenvalue weighted by Gasteiger charge is -2.19. The molecule has 0 rings (SSSR count). The van der Waals surface area contributed by atoms with Gasteiger partial charge in [-0.25, -0.2) is 9.59 Å². The average molecular weight is 401 g/mol. The molecule has 0 radical (unpaired) electrons. The standard InChI is InChI=1S/C8H20N2O2Si.C7H16N2O2.ClH/c1-13(2,3)7-6-12-8(11)10-5-4-9;1-7(2,3)11-6(10)9-5-4-8;/h4-7,9H2,1-3H3,(H,10,11);4-5,8H2,1-3H3,(H,9,10);1H. The van der Waals surface area contributed by atoms with E-state index < -0.39 is 19.8 Å². The fourth-order valence-electron chi connectivity index (χ4n) is 1.16. The van der Waals surface area contributed by atoms with E-state index in [-0.39, 0.29) is 18.5 Å². The van der Waals surface area contributed by atoms with Crippen LogP contribution in [-0.4, -0.2) is 58.6 Å². The number of nitrogens with two attached hydrogens (primary N) is 2. The quantitative estimate of drug-likeness (QED) is 0.483. The third kappa shape index (κ3) is 28.1. The molecule has 0 saturated carbocycles. The predicted molar refractivity (Wildman–Crippen MR) is 107 cm³/mol. The Balaban J connectivity index is -0.000000377. The largest absolute Gasteiger partial charge is 0.450 e. The van der Waals surface area contributed by atoms with Crippen molar-refractivity contribution in [1.82, 2.24) is 10.6 Å². The van der Waals surface area contributed by atoms with Gasteiger partial charge in [0.1, 0.15) is 5.60 Å². The Morgan fingerprint density at radius 2 is 1.40 bits per heavy atom. The van der Waals surface area contributed by atoms with Crippen molar-refractivity contribution >= 4 is 32.7 Å². The van der Waals surface area contributed by atoms with Gasteiger partial charge in [-0.2, -0.15) is 0 Å². The van der Waals surface area contributed by atoms with Crippen LogP contribution in [0.1, 0.15) is 20.8 Å². The first-order valence-corrected chi connectivity index (χ1v) is 11.9. The second kappa shape index (κ2) is 15.2. The van der Waals surface area contributed by atoms with E-state index in [1.165, 1.54) is 0 Å². The summed E-state index contributed by atoms with van der Waals surface area (Å²) in [6.07, 6.45) is -0.772. The summed E-state index contributed by atoms with van der Waals surface area (Å²) in [5, 5.41) is 5.05. The molecule has 25 heavy (non-hydrogen) atoms. The van der Waals surface area contributed by atoms with E-state index in [0.29, 0.717) is 32.8 Å². The topological polar surface area (TPSA) is 129 Å². The highest BCUT2D eigenvalue weighted by molar-refractivity contribution is 6.76. The van der Waals surface area contributed by atoms with Crippen molar-refractivity contribution in [2.45, 2.75) is 52.1 Å². The lowest BCUT2D eigenvalue weighted by molar-refractivity contribution is 0.0529. The molecular formula is C15H37ClN4O4Si. The Hall–Kier alpha value is -1.03. The normalized spacial score (nSPS) is 10.6. The van der Waals surface area contributed by atoms with Crippen LogP contribution in [0.25, 0.3) is 0 Å². The van der Waals surface area contributed by atoms with Gasteiger partial charge in [0, 0.05) is 34.3 Å². The van der Waals surface area contributed by atoms with E-state index in [0.717, 1.165) is 6.04 Å². The van der Waals surface area contributed by atoms with Crippen molar-refractivity contribution < 1.29 is 19.1 Å². The van der Waals surface area contributed by atoms with Gasteiger partial charge in [0.05, 0.1) is 6.61 Å². The maximum Gasteiger partial charge on any atom is 0.407 e. The van der Waals surface area contributed by atoms with Crippen LogP contribution in [0, 0.1) is 0 Å². The molecule has 152 valence electrons. The Morgan fingerprint density at radius 3 is 1.76 bits per heavy atom. The number of halogens is 1. The van der Waals surface area contributed by atoms with Gasteiger partial charge in [0.15, 0.2) is 0 Å². The van der Waals surface area contributed by atoms with Gasteiger partial charge in [0.2, 0.25) is 0 Å². The first-order chi connectivity index (χ1) is 10.9. The third-order valence-corrected chi connectivity index (χ3v) is 4.02. The van der Waals surface area contributed by atoms with Crippen molar-refractivity contribution in [2.75, 3.05) is 32.8 Å². The summed E-state index contributed by atoms with van der Waals surface area (Å²) >= 11 is 0. The minimum atomic E-state index is -1.08. The maximum atomic E-state index is 10.9. The first kappa shape index (κ1) is 28.8. The van der Waals surface area contributed by atoms with Gasteiger partial charge >= 0.3 is 12.2 Å². The number of ether oxygens (including phenoxy) is 2. The molecule has 0 bridgehead atoms.